The van der Waals surface area contributed by atoms with Crippen molar-refractivity contribution < 1.29 is 14.3 Å². The molecule has 1 N–H and O–H groups in total. The predicted octanol–water partition coefficient (Wildman–Crippen LogP) is 1.55. The Kier molecular flexibility index (Phi) is 4.55. The van der Waals surface area contributed by atoms with E-state index in [1.165, 1.54) is 6.42 Å². The Balaban J connectivity index is 1.65. The van der Waals surface area contributed by atoms with Gasteiger partial charge in [-0.1, -0.05) is 0 Å². The van der Waals surface area contributed by atoms with Crippen molar-refractivity contribution in [3.63, 3.8) is 0 Å². The normalized spacial score (nSPS) is 26.0. The van der Waals surface area contributed by atoms with Crippen molar-refractivity contribution in [1.82, 2.24) is 15.1 Å². The van der Waals surface area contributed by atoms with Crippen molar-refractivity contribution in [1.29, 1.82) is 0 Å². The number of nitrogens with zero attached hydrogens (tertiary/aromatic N) is 2. The standard InChI is InChI=1S/C15H23N3O3/c1-18(9-12-4-2-3-6-21-12)15(19)13-8-16-17-14(13)11-5-7-20-10-11/h8,11-12H,2-7,9-10H2,1H3,(H,16,17)/t11-,12-/m0/s1. The van der Waals surface area contributed by atoms with Gasteiger partial charge in [-0.3, -0.25) is 9.89 Å². The quantitative estimate of drug-likeness (QED) is 0.914. The van der Waals surface area contributed by atoms with E-state index < -0.39 is 0 Å². The second-order valence-electron chi connectivity index (χ2n) is 5.93. The van der Waals surface area contributed by atoms with Gasteiger partial charge in [-0.2, -0.15) is 5.10 Å². The number of carbonyl (C=O) groups is 1. The number of rotatable bonds is 4. The molecule has 0 radical (unpaired) electrons. The summed E-state index contributed by atoms with van der Waals surface area (Å²) in [5.41, 5.74) is 1.58. The Bertz CT molecular complexity index is 476. The van der Waals surface area contributed by atoms with Crippen molar-refractivity contribution in [2.75, 3.05) is 33.4 Å². The van der Waals surface area contributed by atoms with Gasteiger partial charge >= 0.3 is 0 Å². The molecule has 1 aromatic rings. The third-order valence-corrected chi connectivity index (χ3v) is 4.34. The first-order chi connectivity index (χ1) is 10.3. The van der Waals surface area contributed by atoms with Crippen LogP contribution in [0.3, 0.4) is 0 Å². The largest absolute Gasteiger partial charge is 0.381 e. The molecule has 21 heavy (non-hydrogen) atoms. The number of aromatic nitrogens is 2. The zero-order chi connectivity index (χ0) is 14.7. The third kappa shape index (κ3) is 3.27. The molecule has 2 aliphatic heterocycles. The Morgan fingerprint density at radius 1 is 1.43 bits per heavy atom. The van der Waals surface area contributed by atoms with Gasteiger partial charge in [0.2, 0.25) is 0 Å². The average molecular weight is 293 g/mol. The van der Waals surface area contributed by atoms with Crippen molar-refractivity contribution in [2.45, 2.75) is 37.7 Å². The maximum Gasteiger partial charge on any atom is 0.257 e. The van der Waals surface area contributed by atoms with Crippen LogP contribution in [0.25, 0.3) is 0 Å². The highest BCUT2D eigenvalue weighted by Crippen LogP contribution is 2.26. The van der Waals surface area contributed by atoms with Gasteiger partial charge in [0.1, 0.15) is 0 Å². The van der Waals surface area contributed by atoms with Crippen molar-refractivity contribution in [3.05, 3.63) is 17.5 Å². The first kappa shape index (κ1) is 14.5. The maximum absolute atomic E-state index is 12.6. The SMILES string of the molecule is CN(C[C@@H]1CCCCO1)C(=O)c1cn[nH]c1[C@H]1CCOC1. The van der Waals surface area contributed by atoms with Gasteiger partial charge < -0.3 is 14.4 Å². The van der Waals surface area contributed by atoms with Gasteiger partial charge in [0.15, 0.2) is 0 Å². The molecule has 1 amide bonds. The summed E-state index contributed by atoms with van der Waals surface area (Å²) in [6, 6.07) is 0. The number of hydrogen-bond acceptors (Lipinski definition) is 4. The average Bonchev–Trinajstić information content (AvgIpc) is 3.18. The summed E-state index contributed by atoms with van der Waals surface area (Å²) in [6.07, 6.45) is 6.08. The van der Waals surface area contributed by atoms with Gasteiger partial charge in [0, 0.05) is 32.7 Å². The molecule has 3 rings (SSSR count). The van der Waals surface area contributed by atoms with Gasteiger partial charge in [-0.25, -0.2) is 0 Å². The van der Waals surface area contributed by atoms with Crippen molar-refractivity contribution in [2.24, 2.45) is 0 Å². The number of likely N-dealkylation sites (N-methyl/N-ethyl adjacent to an activating group) is 1. The molecular weight excluding hydrogens is 270 g/mol. The Hall–Kier alpha value is -1.40. The lowest BCUT2D eigenvalue weighted by Crippen LogP contribution is -2.37. The Morgan fingerprint density at radius 3 is 3.05 bits per heavy atom. The van der Waals surface area contributed by atoms with Crippen LogP contribution in [0.4, 0.5) is 0 Å². The number of nitrogens with one attached hydrogen (secondary N) is 1. The van der Waals surface area contributed by atoms with E-state index in [2.05, 4.69) is 10.2 Å². The second-order valence-corrected chi connectivity index (χ2v) is 5.93. The van der Waals surface area contributed by atoms with Crippen LogP contribution in [0.15, 0.2) is 6.20 Å². The van der Waals surface area contributed by atoms with Crippen LogP contribution in [0.1, 0.15) is 47.7 Å². The van der Waals surface area contributed by atoms with Gasteiger partial charge in [0.25, 0.3) is 5.91 Å². The van der Waals surface area contributed by atoms with Crippen LogP contribution in [-0.2, 0) is 9.47 Å². The Labute approximate surface area is 124 Å². The van der Waals surface area contributed by atoms with E-state index in [0.717, 1.165) is 38.2 Å². The fraction of sp³-hybridized carbons (Fsp3) is 0.733. The zero-order valence-corrected chi connectivity index (χ0v) is 12.5. The number of amides is 1. The molecule has 0 aliphatic carbocycles. The molecule has 2 aliphatic rings. The lowest BCUT2D eigenvalue weighted by Gasteiger charge is -2.27. The van der Waals surface area contributed by atoms with Crippen LogP contribution in [0.2, 0.25) is 0 Å². The van der Waals surface area contributed by atoms with Crippen LogP contribution < -0.4 is 0 Å². The first-order valence-corrected chi connectivity index (χ1v) is 7.74. The monoisotopic (exact) mass is 293 g/mol. The number of carbonyl (C=O) groups excluding carboxylic acids is 1. The predicted molar refractivity (Wildman–Crippen MR) is 77.3 cm³/mol. The van der Waals surface area contributed by atoms with E-state index in [4.69, 9.17) is 9.47 Å². The molecule has 0 unspecified atom stereocenters. The fourth-order valence-corrected chi connectivity index (χ4v) is 3.09. The van der Waals surface area contributed by atoms with E-state index in [0.29, 0.717) is 18.7 Å². The molecule has 0 saturated carbocycles. The first-order valence-electron chi connectivity index (χ1n) is 7.74. The van der Waals surface area contributed by atoms with E-state index in [1.807, 2.05) is 7.05 Å². The van der Waals surface area contributed by atoms with E-state index in [9.17, 15) is 4.79 Å². The lowest BCUT2D eigenvalue weighted by atomic mass is 10.0. The molecule has 6 nitrogen and oxygen atoms in total. The van der Waals surface area contributed by atoms with E-state index in [-0.39, 0.29) is 17.9 Å². The zero-order valence-electron chi connectivity index (χ0n) is 12.5. The van der Waals surface area contributed by atoms with Crippen LogP contribution in [-0.4, -0.2) is 60.5 Å². The summed E-state index contributed by atoms with van der Waals surface area (Å²) in [5.74, 6) is 0.269. The summed E-state index contributed by atoms with van der Waals surface area (Å²) in [7, 11) is 1.84. The van der Waals surface area contributed by atoms with Crippen LogP contribution >= 0.6 is 0 Å². The molecule has 6 heteroatoms. The third-order valence-electron chi connectivity index (χ3n) is 4.34. The van der Waals surface area contributed by atoms with Gasteiger partial charge in [-0.05, 0) is 25.7 Å². The highest BCUT2D eigenvalue weighted by molar-refractivity contribution is 5.95. The molecule has 0 bridgehead atoms. The van der Waals surface area contributed by atoms with E-state index >= 15 is 0 Å². The molecule has 1 aromatic heterocycles. The molecule has 3 heterocycles. The Morgan fingerprint density at radius 2 is 2.33 bits per heavy atom. The molecule has 2 fully saturated rings. The minimum Gasteiger partial charge on any atom is -0.381 e. The van der Waals surface area contributed by atoms with E-state index in [1.54, 1.807) is 11.1 Å². The smallest absolute Gasteiger partial charge is 0.257 e. The van der Waals surface area contributed by atoms with Crippen molar-refractivity contribution in [3.8, 4) is 0 Å². The number of aromatic amines is 1. The summed E-state index contributed by atoms with van der Waals surface area (Å²) < 4.78 is 11.1. The molecule has 0 spiro atoms. The molecule has 2 atom stereocenters. The topological polar surface area (TPSA) is 67.5 Å². The highest BCUT2D eigenvalue weighted by atomic mass is 16.5. The summed E-state index contributed by atoms with van der Waals surface area (Å²) in [4.78, 5) is 14.4. The van der Waals surface area contributed by atoms with Crippen LogP contribution in [0, 0.1) is 0 Å². The number of H-pyrrole nitrogens is 1. The molecular formula is C15H23N3O3. The van der Waals surface area contributed by atoms with Crippen LogP contribution in [0.5, 0.6) is 0 Å². The maximum atomic E-state index is 12.6. The van der Waals surface area contributed by atoms with Gasteiger partial charge in [-0.15, -0.1) is 0 Å². The lowest BCUT2D eigenvalue weighted by molar-refractivity contribution is -0.000216. The minimum absolute atomic E-state index is 0.0137. The summed E-state index contributed by atoms with van der Waals surface area (Å²) >= 11 is 0. The van der Waals surface area contributed by atoms with Crippen molar-refractivity contribution >= 4 is 5.91 Å². The fourth-order valence-electron chi connectivity index (χ4n) is 3.09. The summed E-state index contributed by atoms with van der Waals surface area (Å²) in [6.45, 7) is 2.87. The second kappa shape index (κ2) is 6.58. The minimum atomic E-state index is 0.0137. The number of ether oxygens (including phenoxy) is 2. The number of hydrogen-bond donors (Lipinski definition) is 1. The highest BCUT2D eigenvalue weighted by Gasteiger charge is 2.27. The summed E-state index contributed by atoms with van der Waals surface area (Å²) in [5, 5.41) is 7.04. The molecule has 2 saturated heterocycles. The molecule has 116 valence electrons. The van der Waals surface area contributed by atoms with Gasteiger partial charge in [0.05, 0.1) is 30.2 Å². The molecule has 0 aromatic carbocycles.